The van der Waals surface area contributed by atoms with Crippen molar-refractivity contribution in [3.8, 4) is 0 Å². The molecule has 1 heterocycles. The van der Waals surface area contributed by atoms with E-state index in [4.69, 9.17) is 5.73 Å². The van der Waals surface area contributed by atoms with Crippen LogP contribution in [0, 0.1) is 5.82 Å². The maximum atomic E-state index is 13.9. The summed E-state index contributed by atoms with van der Waals surface area (Å²) >= 11 is 0. The van der Waals surface area contributed by atoms with Crippen molar-refractivity contribution in [1.29, 1.82) is 0 Å². The molecule has 5 nitrogen and oxygen atoms in total. The fourth-order valence-corrected chi connectivity index (χ4v) is 2.86. The van der Waals surface area contributed by atoms with E-state index >= 15 is 0 Å². The van der Waals surface area contributed by atoms with Crippen molar-refractivity contribution in [1.82, 2.24) is 4.98 Å². The van der Waals surface area contributed by atoms with Gasteiger partial charge < -0.3 is 11.1 Å². The number of primary amides is 1. The SMILES string of the molecule is NC(=O)c1ccc(F)c(NC(=O)C2CCCc3cccnc32)c1. The molecular formula is C17H16FN3O2. The van der Waals surface area contributed by atoms with Crippen LogP contribution >= 0.6 is 0 Å². The van der Waals surface area contributed by atoms with Gasteiger partial charge in [-0.25, -0.2) is 4.39 Å². The number of pyridine rings is 1. The Morgan fingerprint density at radius 2 is 2.13 bits per heavy atom. The summed E-state index contributed by atoms with van der Waals surface area (Å²) in [4.78, 5) is 28.0. The highest BCUT2D eigenvalue weighted by molar-refractivity contribution is 5.98. The highest BCUT2D eigenvalue weighted by atomic mass is 19.1. The first-order valence-electron chi connectivity index (χ1n) is 7.40. The van der Waals surface area contributed by atoms with Gasteiger partial charge in [0, 0.05) is 11.8 Å². The molecule has 3 rings (SSSR count). The molecule has 0 radical (unpaired) electrons. The lowest BCUT2D eigenvalue weighted by Crippen LogP contribution is -2.26. The Morgan fingerprint density at radius 1 is 1.30 bits per heavy atom. The lowest BCUT2D eigenvalue weighted by Gasteiger charge is -2.23. The van der Waals surface area contributed by atoms with Crippen molar-refractivity contribution >= 4 is 17.5 Å². The van der Waals surface area contributed by atoms with E-state index in [-0.39, 0.29) is 17.2 Å². The van der Waals surface area contributed by atoms with Crippen LogP contribution in [-0.2, 0) is 11.2 Å². The van der Waals surface area contributed by atoms with Crippen molar-refractivity contribution in [3.63, 3.8) is 0 Å². The Balaban J connectivity index is 1.86. The standard InChI is InChI=1S/C17H16FN3O2/c18-13-7-6-11(16(19)22)9-14(13)21-17(23)12-5-1-3-10-4-2-8-20-15(10)12/h2,4,6-9,12H,1,3,5H2,(H2,19,22)(H,21,23). The lowest BCUT2D eigenvalue weighted by atomic mass is 9.86. The van der Waals surface area contributed by atoms with E-state index in [9.17, 15) is 14.0 Å². The van der Waals surface area contributed by atoms with Gasteiger partial charge in [-0.05, 0) is 49.1 Å². The number of fused-ring (bicyclic) bond motifs is 1. The van der Waals surface area contributed by atoms with Gasteiger partial charge in [0.15, 0.2) is 0 Å². The molecule has 23 heavy (non-hydrogen) atoms. The van der Waals surface area contributed by atoms with Crippen LogP contribution in [0.5, 0.6) is 0 Å². The Labute approximate surface area is 132 Å². The third-order valence-electron chi connectivity index (χ3n) is 4.02. The zero-order valence-corrected chi connectivity index (χ0v) is 12.4. The fourth-order valence-electron chi connectivity index (χ4n) is 2.86. The molecule has 1 unspecified atom stereocenters. The predicted octanol–water partition coefficient (Wildman–Crippen LogP) is 2.38. The van der Waals surface area contributed by atoms with Gasteiger partial charge in [0.05, 0.1) is 17.3 Å². The minimum Gasteiger partial charge on any atom is -0.366 e. The van der Waals surface area contributed by atoms with E-state index in [0.29, 0.717) is 6.42 Å². The van der Waals surface area contributed by atoms with Gasteiger partial charge in [-0.2, -0.15) is 0 Å². The maximum absolute atomic E-state index is 13.9. The molecule has 0 fully saturated rings. The molecule has 1 aliphatic carbocycles. The zero-order chi connectivity index (χ0) is 16.4. The Hall–Kier alpha value is -2.76. The minimum atomic E-state index is -0.676. The number of nitrogens with two attached hydrogens (primary N) is 1. The van der Waals surface area contributed by atoms with Gasteiger partial charge in [-0.3, -0.25) is 14.6 Å². The van der Waals surface area contributed by atoms with Gasteiger partial charge in [0.1, 0.15) is 5.82 Å². The van der Waals surface area contributed by atoms with Crippen LogP contribution in [0.2, 0.25) is 0 Å². The first-order chi connectivity index (χ1) is 11.1. The van der Waals surface area contributed by atoms with Gasteiger partial charge in [-0.15, -0.1) is 0 Å². The second-order valence-electron chi connectivity index (χ2n) is 5.54. The number of carbonyl (C=O) groups excluding carboxylic acids is 2. The second kappa shape index (κ2) is 6.16. The maximum Gasteiger partial charge on any atom is 0.248 e. The summed E-state index contributed by atoms with van der Waals surface area (Å²) in [5, 5.41) is 2.55. The van der Waals surface area contributed by atoms with Crippen LogP contribution in [0.15, 0.2) is 36.5 Å². The summed E-state index contributed by atoms with van der Waals surface area (Å²) < 4.78 is 13.9. The molecule has 0 aliphatic heterocycles. The highest BCUT2D eigenvalue weighted by Gasteiger charge is 2.28. The number of anilines is 1. The van der Waals surface area contributed by atoms with E-state index < -0.39 is 17.6 Å². The molecule has 1 aromatic heterocycles. The van der Waals surface area contributed by atoms with E-state index in [1.54, 1.807) is 6.20 Å². The summed E-state index contributed by atoms with van der Waals surface area (Å²) in [6, 6.07) is 7.44. The largest absolute Gasteiger partial charge is 0.366 e. The number of nitrogens with zero attached hydrogens (tertiary/aromatic N) is 1. The number of aromatic nitrogens is 1. The molecule has 6 heteroatoms. The van der Waals surface area contributed by atoms with Gasteiger partial charge >= 0.3 is 0 Å². The van der Waals surface area contributed by atoms with Crippen molar-refractivity contribution in [2.24, 2.45) is 5.73 Å². The monoisotopic (exact) mass is 313 g/mol. The van der Waals surface area contributed by atoms with Crippen LogP contribution in [0.3, 0.4) is 0 Å². The molecule has 2 aromatic rings. The molecule has 0 spiro atoms. The van der Waals surface area contributed by atoms with Gasteiger partial charge in [-0.1, -0.05) is 6.07 Å². The molecule has 118 valence electrons. The number of amides is 2. The topological polar surface area (TPSA) is 85.1 Å². The fraction of sp³-hybridized carbons (Fsp3) is 0.235. The molecule has 3 N–H and O–H groups in total. The molecule has 1 atom stereocenters. The number of nitrogens with one attached hydrogen (secondary N) is 1. The number of hydrogen-bond acceptors (Lipinski definition) is 3. The molecular weight excluding hydrogens is 297 g/mol. The number of halogens is 1. The molecule has 1 aliphatic rings. The third-order valence-corrected chi connectivity index (χ3v) is 4.02. The Bertz CT molecular complexity index is 776. The highest BCUT2D eigenvalue weighted by Crippen LogP contribution is 2.31. The van der Waals surface area contributed by atoms with E-state index in [0.717, 1.165) is 30.2 Å². The molecule has 0 saturated carbocycles. The second-order valence-corrected chi connectivity index (χ2v) is 5.54. The van der Waals surface area contributed by atoms with E-state index in [1.165, 1.54) is 12.1 Å². The molecule has 2 amide bonds. The lowest BCUT2D eigenvalue weighted by molar-refractivity contribution is -0.118. The number of hydrogen-bond donors (Lipinski definition) is 2. The number of carbonyl (C=O) groups is 2. The minimum absolute atomic E-state index is 0.0469. The normalized spacial score (nSPS) is 16.5. The number of aryl methyl sites for hydroxylation is 1. The average Bonchev–Trinajstić information content (AvgIpc) is 2.56. The van der Waals surface area contributed by atoms with Crippen LogP contribution in [-0.4, -0.2) is 16.8 Å². The van der Waals surface area contributed by atoms with Crippen molar-refractivity contribution in [2.75, 3.05) is 5.32 Å². The predicted molar refractivity (Wildman–Crippen MR) is 83.5 cm³/mol. The quantitative estimate of drug-likeness (QED) is 0.912. The molecule has 0 saturated heterocycles. The van der Waals surface area contributed by atoms with Crippen molar-refractivity contribution < 1.29 is 14.0 Å². The summed E-state index contributed by atoms with van der Waals surface area (Å²) in [6.07, 6.45) is 4.07. The van der Waals surface area contributed by atoms with Gasteiger partial charge in [0.25, 0.3) is 0 Å². The van der Waals surface area contributed by atoms with Crippen LogP contribution in [0.4, 0.5) is 10.1 Å². The van der Waals surface area contributed by atoms with Crippen molar-refractivity contribution in [3.05, 3.63) is 59.2 Å². The number of benzene rings is 1. The van der Waals surface area contributed by atoms with Crippen LogP contribution < -0.4 is 11.1 Å². The molecule has 0 bridgehead atoms. The first-order valence-corrected chi connectivity index (χ1v) is 7.40. The molecule has 1 aromatic carbocycles. The summed E-state index contributed by atoms with van der Waals surface area (Å²) in [5.74, 6) is -2.03. The third kappa shape index (κ3) is 3.06. The average molecular weight is 313 g/mol. The first kappa shape index (κ1) is 15.1. The number of rotatable bonds is 3. The summed E-state index contributed by atoms with van der Waals surface area (Å²) in [7, 11) is 0. The van der Waals surface area contributed by atoms with Crippen LogP contribution in [0.25, 0.3) is 0 Å². The summed E-state index contributed by atoms with van der Waals surface area (Å²) in [6.45, 7) is 0. The van der Waals surface area contributed by atoms with E-state index in [1.807, 2.05) is 12.1 Å². The van der Waals surface area contributed by atoms with Crippen molar-refractivity contribution in [2.45, 2.75) is 25.2 Å². The smallest absolute Gasteiger partial charge is 0.248 e. The Morgan fingerprint density at radius 3 is 2.91 bits per heavy atom. The zero-order valence-electron chi connectivity index (χ0n) is 12.4. The van der Waals surface area contributed by atoms with E-state index in [2.05, 4.69) is 10.3 Å². The summed E-state index contributed by atoms with van der Waals surface area (Å²) in [5.41, 5.74) is 7.07. The van der Waals surface area contributed by atoms with Crippen LogP contribution in [0.1, 0.15) is 40.4 Å². The Kier molecular flexibility index (Phi) is 4.06. The van der Waals surface area contributed by atoms with Gasteiger partial charge in [0.2, 0.25) is 11.8 Å².